The average Bonchev–Trinajstić information content (AvgIpc) is 2.69. The average molecular weight is 390 g/mol. The van der Waals surface area contributed by atoms with Gasteiger partial charge < -0.3 is 0 Å². The van der Waals surface area contributed by atoms with Crippen LogP contribution in [0.3, 0.4) is 0 Å². The maximum absolute atomic E-state index is 12.8. The van der Waals surface area contributed by atoms with E-state index in [4.69, 9.17) is 0 Å². The molecular weight excluding hydrogens is 362 g/mol. The minimum absolute atomic E-state index is 0.198. The summed E-state index contributed by atoms with van der Waals surface area (Å²) in [5, 5.41) is 4.10. The molecule has 0 saturated carbocycles. The minimum Gasteiger partial charge on any atom is -0.273 e. The van der Waals surface area contributed by atoms with Crippen molar-refractivity contribution in [3.63, 3.8) is 0 Å². The number of sulfonamides is 1. The lowest BCUT2D eigenvalue weighted by Gasteiger charge is -2.30. The first-order chi connectivity index (χ1) is 13.0. The topological polar surface area (TPSA) is 78.8 Å². The van der Waals surface area contributed by atoms with Gasteiger partial charge in [0, 0.05) is 19.3 Å². The van der Waals surface area contributed by atoms with E-state index in [-0.39, 0.29) is 23.3 Å². The molecule has 1 heterocycles. The summed E-state index contributed by atoms with van der Waals surface area (Å²) < 4.78 is 27.1. The number of hydrogen-bond donors (Lipinski definition) is 1. The molecule has 1 saturated heterocycles. The summed E-state index contributed by atoms with van der Waals surface area (Å²) in [6.07, 6.45) is 10.5. The van der Waals surface area contributed by atoms with Crippen molar-refractivity contribution in [2.75, 3.05) is 13.1 Å². The highest BCUT2D eigenvalue weighted by atomic mass is 32.2. The Bertz CT molecular complexity index is 815. The van der Waals surface area contributed by atoms with Crippen LogP contribution in [0.4, 0.5) is 0 Å². The van der Waals surface area contributed by atoms with E-state index >= 15 is 0 Å². The summed E-state index contributed by atoms with van der Waals surface area (Å²) in [5.41, 5.74) is 3.61. The summed E-state index contributed by atoms with van der Waals surface area (Å²) in [6.45, 7) is 2.56. The predicted octanol–water partition coefficient (Wildman–Crippen LogP) is 2.85. The number of carbonyl (C=O) groups is 1. The summed E-state index contributed by atoms with van der Waals surface area (Å²) in [6, 6.07) is 6.82. The first-order valence-electron chi connectivity index (χ1n) is 9.51. The van der Waals surface area contributed by atoms with E-state index in [1.165, 1.54) is 4.31 Å². The van der Waals surface area contributed by atoms with Gasteiger partial charge in [-0.05, 0) is 57.1 Å². The number of piperidine rings is 1. The lowest BCUT2D eigenvalue weighted by molar-refractivity contribution is -0.126. The smallest absolute Gasteiger partial charge is 0.244 e. The van der Waals surface area contributed by atoms with Crippen molar-refractivity contribution in [3.05, 3.63) is 42.0 Å². The fourth-order valence-electron chi connectivity index (χ4n) is 3.48. The van der Waals surface area contributed by atoms with Crippen molar-refractivity contribution in [3.8, 4) is 0 Å². The van der Waals surface area contributed by atoms with Crippen LogP contribution >= 0.6 is 0 Å². The van der Waals surface area contributed by atoms with Gasteiger partial charge in [0.15, 0.2) is 0 Å². The Labute approximate surface area is 161 Å². The zero-order valence-electron chi connectivity index (χ0n) is 15.7. The lowest BCUT2D eigenvalue weighted by atomic mass is 9.96. The largest absolute Gasteiger partial charge is 0.273 e. The van der Waals surface area contributed by atoms with E-state index in [9.17, 15) is 13.2 Å². The van der Waals surface area contributed by atoms with E-state index in [1.807, 2.05) is 6.92 Å². The first-order valence-corrected chi connectivity index (χ1v) is 11.0. The summed E-state index contributed by atoms with van der Waals surface area (Å²) in [4.78, 5) is 12.7. The molecule has 0 spiro atoms. The Morgan fingerprint density at radius 3 is 2.70 bits per heavy atom. The second-order valence-corrected chi connectivity index (χ2v) is 9.25. The molecule has 3 rings (SSSR count). The number of rotatable bonds is 5. The molecule has 27 heavy (non-hydrogen) atoms. The maximum atomic E-state index is 12.8. The number of hydrazone groups is 1. The van der Waals surface area contributed by atoms with Crippen LogP contribution < -0.4 is 5.43 Å². The van der Waals surface area contributed by atoms with Gasteiger partial charge in [0.1, 0.15) is 0 Å². The second-order valence-electron chi connectivity index (χ2n) is 7.31. The number of hydrogen-bond acceptors (Lipinski definition) is 4. The van der Waals surface area contributed by atoms with Crippen molar-refractivity contribution < 1.29 is 13.2 Å². The van der Waals surface area contributed by atoms with Gasteiger partial charge in [-0.2, -0.15) is 9.41 Å². The van der Waals surface area contributed by atoms with Gasteiger partial charge in [-0.25, -0.2) is 13.8 Å². The highest BCUT2D eigenvalue weighted by molar-refractivity contribution is 7.89. The molecule has 1 N–H and O–H groups in total. The monoisotopic (exact) mass is 389 g/mol. The molecule has 7 heteroatoms. The van der Waals surface area contributed by atoms with E-state index in [1.54, 1.807) is 30.5 Å². The molecule has 6 nitrogen and oxygen atoms in total. The molecule has 1 aromatic carbocycles. The molecule has 1 fully saturated rings. The van der Waals surface area contributed by atoms with Gasteiger partial charge >= 0.3 is 0 Å². The first kappa shape index (κ1) is 19.8. The molecule has 0 bridgehead atoms. The third-order valence-corrected chi connectivity index (χ3v) is 7.06. The van der Waals surface area contributed by atoms with Gasteiger partial charge in [0.25, 0.3) is 0 Å². The van der Waals surface area contributed by atoms with E-state index in [0.717, 1.165) is 24.8 Å². The Morgan fingerprint density at radius 2 is 2.00 bits per heavy atom. The lowest BCUT2D eigenvalue weighted by Crippen LogP contribution is -2.44. The van der Waals surface area contributed by atoms with Crippen LogP contribution in [0.25, 0.3) is 0 Å². The summed E-state index contributed by atoms with van der Waals surface area (Å²) in [7, 11) is -3.58. The van der Waals surface area contributed by atoms with Crippen LogP contribution in [0.2, 0.25) is 0 Å². The van der Waals surface area contributed by atoms with Gasteiger partial charge in [-0.1, -0.05) is 29.8 Å². The number of benzene rings is 1. The third-order valence-electron chi connectivity index (χ3n) is 5.18. The van der Waals surface area contributed by atoms with E-state index in [0.29, 0.717) is 25.3 Å². The summed E-state index contributed by atoms with van der Waals surface area (Å²) in [5.74, 6) is -0.219. The van der Waals surface area contributed by atoms with E-state index < -0.39 is 10.0 Å². The van der Waals surface area contributed by atoms with Gasteiger partial charge in [-0.15, -0.1) is 0 Å². The number of aryl methyl sites for hydroxylation is 1. The van der Waals surface area contributed by atoms with Crippen molar-refractivity contribution >= 4 is 22.1 Å². The van der Waals surface area contributed by atoms with Gasteiger partial charge in [0.05, 0.1) is 10.8 Å². The molecule has 0 aromatic heterocycles. The fourth-order valence-corrected chi connectivity index (χ4v) is 5.01. The Balaban J connectivity index is 1.59. The van der Waals surface area contributed by atoms with Gasteiger partial charge in [0.2, 0.25) is 15.9 Å². The Kier molecular flexibility index (Phi) is 6.44. The van der Waals surface area contributed by atoms with Gasteiger partial charge in [-0.3, -0.25) is 4.79 Å². The van der Waals surface area contributed by atoms with Crippen molar-refractivity contribution in [2.24, 2.45) is 16.9 Å². The van der Waals surface area contributed by atoms with Crippen LogP contribution in [-0.2, 0) is 14.8 Å². The molecule has 2 aliphatic rings. The molecule has 0 unspecified atom stereocenters. The van der Waals surface area contributed by atoms with Crippen LogP contribution in [0.5, 0.6) is 0 Å². The molecule has 2 atom stereocenters. The molecule has 1 aromatic rings. The molecule has 1 amide bonds. The van der Waals surface area contributed by atoms with Crippen molar-refractivity contribution in [1.29, 1.82) is 0 Å². The fraction of sp³-hybridized carbons (Fsp3) is 0.500. The van der Waals surface area contributed by atoms with Crippen molar-refractivity contribution in [2.45, 2.75) is 43.9 Å². The summed E-state index contributed by atoms with van der Waals surface area (Å²) >= 11 is 0. The highest BCUT2D eigenvalue weighted by Crippen LogP contribution is 2.24. The number of carbonyl (C=O) groups excluding carboxylic acids is 1. The number of allylic oxidation sites excluding steroid dienone is 2. The number of nitrogens with zero attached hydrogens (tertiary/aromatic N) is 2. The minimum atomic E-state index is -3.58. The SMILES string of the molecule is Cc1ccc(S(=O)(=O)N2CCC[C@@H](C(=O)N/N=C\[C@H]3CC=CCC3)C2)cc1. The molecule has 146 valence electrons. The van der Waals surface area contributed by atoms with Crippen LogP contribution in [0.1, 0.15) is 37.7 Å². The van der Waals surface area contributed by atoms with Crippen molar-refractivity contribution in [1.82, 2.24) is 9.73 Å². The molecule has 1 aliphatic heterocycles. The quantitative estimate of drug-likeness (QED) is 0.478. The Morgan fingerprint density at radius 1 is 1.22 bits per heavy atom. The predicted molar refractivity (Wildman–Crippen MR) is 106 cm³/mol. The highest BCUT2D eigenvalue weighted by Gasteiger charge is 2.33. The van der Waals surface area contributed by atoms with Crippen LogP contribution in [0, 0.1) is 18.8 Å². The maximum Gasteiger partial charge on any atom is 0.244 e. The van der Waals surface area contributed by atoms with E-state index in [2.05, 4.69) is 22.7 Å². The number of amides is 1. The molecule has 0 radical (unpaired) electrons. The third kappa shape index (κ3) is 5.05. The normalized spacial score (nSPS) is 24.2. The standard InChI is InChI=1S/C20H27N3O3S/c1-16-9-11-19(12-10-16)27(25,26)23-13-5-8-18(15-23)20(24)22-21-14-17-6-3-2-4-7-17/h2-3,9-12,14,17-18H,4-8,13,15H2,1H3,(H,22,24)/b21-14-/t17-,18+/m0/s1. The van der Waals surface area contributed by atoms with Crippen LogP contribution in [0.15, 0.2) is 46.4 Å². The van der Waals surface area contributed by atoms with Crippen LogP contribution in [-0.4, -0.2) is 37.9 Å². The zero-order valence-corrected chi connectivity index (χ0v) is 16.5. The zero-order chi connectivity index (χ0) is 19.3. The molecular formula is C20H27N3O3S. The Hall–Kier alpha value is -1.99. The molecule has 1 aliphatic carbocycles. The number of nitrogens with one attached hydrogen (secondary N) is 1. The second kappa shape index (κ2) is 8.80.